The van der Waals surface area contributed by atoms with Crippen LogP contribution >= 0.6 is 0 Å². The molecule has 4 aromatic rings. The van der Waals surface area contributed by atoms with Gasteiger partial charge in [0.1, 0.15) is 17.3 Å². The fourth-order valence-electron chi connectivity index (χ4n) is 3.15. The highest BCUT2D eigenvalue weighted by Crippen LogP contribution is 2.35. The predicted molar refractivity (Wildman–Crippen MR) is 113 cm³/mol. The van der Waals surface area contributed by atoms with Crippen molar-refractivity contribution in [2.24, 2.45) is 0 Å². The van der Waals surface area contributed by atoms with Crippen molar-refractivity contribution < 1.29 is 31.9 Å². The third-order valence-corrected chi connectivity index (χ3v) is 4.78. The Morgan fingerprint density at radius 3 is 2.30 bits per heavy atom. The van der Waals surface area contributed by atoms with E-state index < -0.39 is 23.5 Å². The number of halogens is 4. The molecule has 0 unspecified atom stereocenters. The summed E-state index contributed by atoms with van der Waals surface area (Å²) in [7, 11) is 0. The predicted octanol–water partition coefficient (Wildman–Crippen LogP) is 6.05. The average Bonchev–Trinajstić information content (AvgIpc) is 3.19. The summed E-state index contributed by atoms with van der Waals surface area (Å²) >= 11 is 0. The lowest BCUT2D eigenvalue weighted by atomic mass is 10.1. The van der Waals surface area contributed by atoms with Gasteiger partial charge in [0.2, 0.25) is 17.7 Å². The van der Waals surface area contributed by atoms with Crippen LogP contribution in [-0.2, 0) is 17.4 Å². The minimum atomic E-state index is -4.49. The number of benzene rings is 3. The van der Waals surface area contributed by atoms with Gasteiger partial charge in [0.05, 0.1) is 12.0 Å². The molecule has 1 aromatic heterocycles. The molecule has 0 radical (unpaired) electrons. The Bertz CT molecular complexity index is 1280. The number of oxazole rings is 1. The first kappa shape index (κ1) is 22.1. The molecule has 0 aliphatic rings. The van der Waals surface area contributed by atoms with Gasteiger partial charge >= 0.3 is 6.18 Å². The molecule has 4 rings (SSSR count). The number of nitrogens with zero attached hydrogens (tertiary/aromatic N) is 1. The quantitative estimate of drug-likeness (QED) is 0.359. The minimum Gasteiger partial charge on any atom is -0.508 e. The van der Waals surface area contributed by atoms with Crippen molar-refractivity contribution in [3.63, 3.8) is 0 Å². The molecular formula is C24H16F4N2O3. The van der Waals surface area contributed by atoms with E-state index in [1.807, 2.05) is 0 Å². The van der Waals surface area contributed by atoms with E-state index in [4.69, 9.17) is 4.42 Å². The molecule has 5 nitrogen and oxygen atoms in total. The number of carbonyl (C=O) groups excluding carboxylic acids is 1. The number of phenolic OH excluding ortho intramolecular Hbond substituents is 1. The third-order valence-electron chi connectivity index (χ3n) is 4.78. The van der Waals surface area contributed by atoms with Crippen molar-refractivity contribution >= 4 is 11.8 Å². The highest BCUT2D eigenvalue weighted by molar-refractivity contribution is 5.94. The van der Waals surface area contributed by atoms with Gasteiger partial charge in [0.25, 0.3) is 0 Å². The molecular weight excluding hydrogens is 440 g/mol. The van der Waals surface area contributed by atoms with E-state index in [-0.39, 0.29) is 35.2 Å². The van der Waals surface area contributed by atoms with Crippen molar-refractivity contribution in [3.8, 4) is 28.5 Å². The summed E-state index contributed by atoms with van der Waals surface area (Å²) in [6.07, 6.45) is -4.79. The van der Waals surface area contributed by atoms with Crippen LogP contribution in [0.15, 0.2) is 77.2 Å². The van der Waals surface area contributed by atoms with Crippen LogP contribution in [0.2, 0.25) is 0 Å². The van der Waals surface area contributed by atoms with Gasteiger partial charge in [-0.2, -0.15) is 13.2 Å². The summed E-state index contributed by atoms with van der Waals surface area (Å²) in [6, 6.07) is 16.3. The van der Waals surface area contributed by atoms with Crippen LogP contribution in [0.5, 0.6) is 5.75 Å². The van der Waals surface area contributed by atoms with E-state index in [1.54, 1.807) is 30.3 Å². The zero-order valence-corrected chi connectivity index (χ0v) is 16.9. The largest absolute Gasteiger partial charge is 0.508 e. The Hall–Kier alpha value is -4.14. The van der Waals surface area contributed by atoms with Gasteiger partial charge in [-0.3, -0.25) is 10.1 Å². The van der Waals surface area contributed by atoms with Crippen molar-refractivity contribution in [2.45, 2.75) is 12.6 Å². The third kappa shape index (κ3) is 5.03. The van der Waals surface area contributed by atoms with Gasteiger partial charge < -0.3 is 9.52 Å². The molecule has 3 aromatic carbocycles. The molecule has 0 bridgehead atoms. The number of phenols is 1. The summed E-state index contributed by atoms with van der Waals surface area (Å²) < 4.78 is 57.7. The number of aromatic nitrogens is 1. The molecule has 9 heteroatoms. The van der Waals surface area contributed by atoms with E-state index >= 15 is 0 Å². The van der Waals surface area contributed by atoms with Gasteiger partial charge in [0, 0.05) is 22.8 Å². The normalized spacial score (nSPS) is 11.4. The molecule has 0 spiro atoms. The Kier molecular flexibility index (Phi) is 5.87. The second-order valence-corrected chi connectivity index (χ2v) is 7.14. The fourth-order valence-corrected chi connectivity index (χ4v) is 3.15. The molecule has 2 N–H and O–H groups in total. The average molecular weight is 456 g/mol. The number of aromatic hydroxyl groups is 1. The first-order chi connectivity index (χ1) is 15.7. The molecule has 0 atom stereocenters. The summed E-state index contributed by atoms with van der Waals surface area (Å²) in [5.74, 6) is -1.54. The number of anilines is 1. The number of amides is 1. The van der Waals surface area contributed by atoms with Gasteiger partial charge in [-0.05, 0) is 30.3 Å². The number of carbonyl (C=O) groups is 1. The van der Waals surface area contributed by atoms with Crippen LogP contribution in [-0.4, -0.2) is 16.0 Å². The van der Waals surface area contributed by atoms with Crippen molar-refractivity contribution in [2.75, 3.05) is 5.32 Å². The number of nitrogens with one attached hydrogen (secondary N) is 1. The van der Waals surface area contributed by atoms with Crippen LogP contribution in [0, 0.1) is 5.82 Å². The van der Waals surface area contributed by atoms with E-state index in [9.17, 15) is 27.5 Å². The zero-order valence-electron chi connectivity index (χ0n) is 16.9. The standard InChI is InChI=1S/C24H16F4N2O3/c25-18-11-8-16(19(31)13-18)12-20(32)29-23-21(14-6-9-17(10-7-14)24(26,27)28)30-22(33-23)15-4-2-1-3-5-15/h1-11,13,31H,12H2,(H,29,32). The maximum atomic E-state index is 13.2. The first-order valence-corrected chi connectivity index (χ1v) is 9.72. The molecule has 33 heavy (non-hydrogen) atoms. The summed E-state index contributed by atoms with van der Waals surface area (Å²) in [4.78, 5) is 17.0. The van der Waals surface area contributed by atoms with E-state index in [0.717, 1.165) is 24.3 Å². The molecule has 1 amide bonds. The number of hydrogen-bond acceptors (Lipinski definition) is 4. The van der Waals surface area contributed by atoms with E-state index in [1.165, 1.54) is 18.2 Å². The SMILES string of the molecule is O=C(Cc1ccc(F)cc1O)Nc1oc(-c2ccccc2)nc1-c1ccc(C(F)(F)F)cc1. The number of alkyl halides is 3. The molecule has 168 valence electrons. The van der Waals surface area contributed by atoms with Crippen LogP contribution in [0.3, 0.4) is 0 Å². The Balaban J connectivity index is 1.67. The van der Waals surface area contributed by atoms with Crippen molar-refractivity contribution in [1.29, 1.82) is 0 Å². The van der Waals surface area contributed by atoms with Gasteiger partial charge in [0.15, 0.2) is 0 Å². The molecule has 0 fully saturated rings. The molecule has 0 aliphatic carbocycles. The molecule has 0 saturated carbocycles. The first-order valence-electron chi connectivity index (χ1n) is 9.72. The highest BCUT2D eigenvalue weighted by atomic mass is 19.4. The van der Waals surface area contributed by atoms with Gasteiger partial charge in [-0.1, -0.05) is 36.4 Å². The van der Waals surface area contributed by atoms with Gasteiger partial charge in [-0.25, -0.2) is 9.37 Å². The maximum Gasteiger partial charge on any atom is 0.416 e. The number of hydrogen-bond donors (Lipinski definition) is 2. The fraction of sp³-hybridized carbons (Fsp3) is 0.0833. The van der Waals surface area contributed by atoms with E-state index in [0.29, 0.717) is 11.1 Å². The van der Waals surface area contributed by atoms with Crippen molar-refractivity contribution in [3.05, 3.63) is 89.7 Å². The molecule has 0 saturated heterocycles. The van der Waals surface area contributed by atoms with Crippen LogP contribution in [0.25, 0.3) is 22.7 Å². The summed E-state index contributed by atoms with van der Waals surface area (Å²) in [5.41, 5.74) is 0.402. The van der Waals surface area contributed by atoms with Gasteiger partial charge in [-0.15, -0.1) is 0 Å². The van der Waals surface area contributed by atoms with Crippen LogP contribution in [0.1, 0.15) is 11.1 Å². The van der Waals surface area contributed by atoms with Crippen LogP contribution < -0.4 is 5.32 Å². The lowest BCUT2D eigenvalue weighted by Gasteiger charge is -2.08. The second-order valence-electron chi connectivity index (χ2n) is 7.14. The highest BCUT2D eigenvalue weighted by Gasteiger charge is 2.30. The monoisotopic (exact) mass is 456 g/mol. The smallest absolute Gasteiger partial charge is 0.416 e. The van der Waals surface area contributed by atoms with E-state index in [2.05, 4.69) is 10.3 Å². The molecule has 1 heterocycles. The lowest BCUT2D eigenvalue weighted by molar-refractivity contribution is -0.137. The van der Waals surface area contributed by atoms with Crippen molar-refractivity contribution in [1.82, 2.24) is 4.98 Å². The minimum absolute atomic E-state index is 0.0692. The Morgan fingerprint density at radius 1 is 0.970 bits per heavy atom. The zero-order chi connectivity index (χ0) is 23.6. The Morgan fingerprint density at radius 2 is 1.67 bits per heavy atom. The summed E-state index contributed by atoms with van der Waals surface area (Å²) in [5, 5.41) is 12.4. The van der Waals surface area contributed by atoms with Crippen LogP contribution in [0.4, 0.5) is 23.4 Å². The molecule has 0 aliphatic heterocycles. The maximum absolute atomic E-state index is 13.2. The summed E-state index contributed by atoms with van der Waals surface area (Å²) in [6.45, 7) is 0. The Labute approximate surface area is 185 Å². The second kappa shape index (κ2) is 8.78. The lowest BCUT2D eigenvalue weighted by Crippen LogP contribution is -2.14. The topological polar surface area (TPSA) is 75.4 Å². The number of rotatable bonds is 5.